The smallest absolute Gasteiger partial charge is 0.244 e. The Morgan fingerprint density at radius 3 is 2.84 bits per heavy atom. The molecule has 3 N–H and O–H groups in total. The Morgan fingerprint density at radius 1 is 1.32 bits per heavy atom. The number of carbonyl (C=O) groups excluding carboxylic acids is 2. The van der Waals surface area contributed by atoms with Crippen molar-refractivity contribution in [2.45, 2.75) is 25.7 Å². The zero-order valence-corrected chi connectivity index (χ0v) is 10.6. The Bertz CT molecular complexity index is 412. The maximum Gasteiger partial charge on any atom is 0.244 e. The number of hydrogen-bond acceptors (Lipinski definition) is 4. The van der Waals surface area contributed by atoms with E-state index in [0.29, 0.717) is 25.1 Å². The van der Waals surface area contributed by atoms with E-state index in [0.717, 1.165) is 12.8 Å². The molecule has 0 atom stereocenters. The summed E-state index contributed by atoms with van der Waals surface area (Å²) in [4.78, 5) is 22.1. The molecule has 0 saturated carbocycles. The second-order valence-electron chi connectivity index (χ2n) is 3.99. The molecule has 1 rings (SSSR count). The molecule has 6 heteroatoms. The molecular weight excluding hydrogens is 248 g/mol. The van der Waals surface area contributed by atoms with Crippen LogP contribution in [0.5, 0.6) is 0 Å². The van der Waals surface area contributed by atoms with E-state index in [2.05, 4.69) is 5.32 Å². The lowest BCUT2D eigenvalue weighted by Gasteiger charge is -2.02. The molecule has 1 aromatic rings. The zero-order valence-electron chi connectivity index (χ0n) is 10.6. The van der Waals surface area contributed by atoms with Gasteiger partial charge in [-0.2, -0.15) is 0 Å². The number of rotatable bonds is 8. The lowest BCUT2D eigenvalue weighted by Crippen LogP contribution is -2.22. The van der Waals surface area contributed by atoms with Crippen LogP contribution in [0.2, 0.25) is 0 Å². The highest BCUT2D eigenvalue weighted by atomic mass is 16.5. The molecule has 2 amide bonds. The fourth-order valence-electron chi connectivity index (χ4n) is 1.46. The molecule has 0 saturated heterocycles. The summed E-state index contributed by atoms with van der Waals surface area (Å²) in [5.74, 6) is 0.0695. The number of unbranched alkanes of at least 4 members (excludes halogenated alkanes) is 2. The Kier molecular flexibility index (Phi) is 7.04. The van der Waals surface area contributed by atoms with Crippen molar-refractivity contribution in [1.29, 1.82) is 0 Å². The standard InChI is InChI=1S/C13H18N2O4/c16-12(8-7-11-5-4-10-19-11)14-9-3-1-2-6-13(17)15-18/h4-5,7-8,10,18H,1-3,6,9H2,(H,14,16)(H,15,17)/b8-7+. The molecule has 0 radical (unpaired) electrons. The summed E-state index contributed by atoms with van der Waals surface area (Å²) in [7, 11) is 0. The van der Waals surface area contributed by atoms with Gasteiger partial charge in [-0.05, 0) is 31.1 Å². The van der Waals surface area contributed by atoms with Gasteiger partial charge in [-0.25, -0.2) is 5.48 Å². The van der Waals surface area contributed by atoms with Gasteiger partial charge in [0.2, 0.25) is 11.8 Å². The maximum absolute atomic E-state index is 11.4. The van der Waals surface area contributed by atoms with Crippen molar-refractivity contribution >= 4 is 17.9 Å². The van der Waals surface area contributed by atoms with Gasteiger partial charge < -0.3 is 9.73 Å². The van der Waals surface area contributed by atoms with Gasteiger partial charge in [0.05, 0.1) is 6.26 Å². The Balaban J connectivity index is 2.03. The van der Waals surface area contributed by atoms with Crippen LogP contribution in [0.4, 0.5) is 0 Å². The first kappa shape index (κ1) is 15.0. The van der Waals surface area contributed by atoms with Crippen molar-refractivity contribution in [3.05, 3.63) is 30.2 Å². The summed E-state index contributed by atoms with van der Waals surface area (Å²) in [5, 5.41) is 11.0. The second kappa shape index (κ2) is 8.93. The number of nitrogens with one attached hydrogen (secondary N) is 2. The molecule has 0 fully saturated rings. The minimum Gasteiger partial charge on any atom is -0.465 e. The highest BCUT2D eigenvalue weighted by Gasteiger charge is 1.99. The van der Waals surface area contributed by atoms with E-state index in [1.807, 2.05) is 0 Å². The average Bonchev–Trinajstić information content (AvgIpc) is 2.93. The quantitative estimate of drug-likeness (QED) is 0.287. The minimum atomic E-state index is -0.384. The van der Waals surface area contributed by atoms with E-state index >= 15 is 0 Å². The molecule has 19 heavy (non-hydrogen) atoms. The van der Waals surface area contributed by atoms with Gasteiger partial charge in [-0.1, -0.05) is 6.42 Å². The van der Waals surface area contributed by atoms with Crippen molar-refractivity contribution in [1.82, 2.24) is 10.8 Å². The van der Waals surface area contributed by atoms with E-state index in [9.17, 15) is 9.59 Å². The molecule has 0 spiro atoms. The second-order valence-corrected chi connectivity index (χ2v) is 3.99. The summed E-state index contributed by atoms with van der Waals surface area (Å²) in [6.45, 7) is 0.558. The third-order valence-electron chi connectivity index (χ3n) is 2.45. The first-order valence-corrected chi connectivity index (χ1v) is 6.14. The van der Waals surface area contributed by atoms with Crippen molar-refractivity contribution in [3.63, 3.8) is 0 Å². The SMILES string of the molecule is O=C(/C=C/c1ccco1)NCCCCCC(=O)NO. The predicted octanol–water partition coefficient (Wildman–Crippen LogP) is 1.47. The third kappa shape index (κ3) is 7.05. The fourth-order valence-corrected chi connectivity index (χ4v) is 1.46. The molecule has 104 valence electrons. The van der Waals surface area contributed by atoms with E-state index < -0.39 is 0 Å². The Hall–Kier alpha value is -2.08. The van der Waals surface area contributed by atoms with Gasteiger partial charge in [0.1, 0.15) is 5.76 Å². The summed E-state index contributed by atoms with van der Waals surface area (Å²) < 4.78 is 5.05. The first-order valence-electron chi connectivity index (χ1n) is 6.14. The molecule has 1 aromatic heterocycles. The number of hydroxylamine groups is 1. The topological polar surface area (TPSA) is 91.6 Å². The van der Waals surface area contributed by atoms with Crippen LogP contribution in [-0.2, 0) is 9.59 Å². The van der Waals surface area contributed by atoms with Gasteiger partial charge in [0.25, 0.3) is 0 Å². The number of furan rings is 1. The summed E-state index contributed by atoms with van der Waals surface area (Å²) in [5.41, 5.74) is 1.58. The molecular formula is C13H18N2O4. The summed E-state index contributed by atoms with van der Waals surface area (Å²) >= 11 is 0. The Morgan fingerprint density at radius 2 is 2.16 bits per heavy atom. The molecule has 1 heterocycles. The largest absolute Gasteiger partial charge is 0.465 e. The van der Waals surface area contributed by atoms with Gasteiger partial charge in [0, 0.05) is 19.0 Å². The molecule has 0 aliphatic rings. The summed E-state index contributed by atoms with van der Waals surface area (Å²) in [6, 6.07) is 3.51. The molecule has 0 bridgehead atoms. The van der Waals surface area contributed by atoms with E-state index in [-0.39, 0.29) is 11.8 Å². The molecule has 0 unspecified atom stereocenters. The van der Waals surface area contributed by atoms with E-state index in [1.165, 1.54) is 6.08 Å². The highest BCUT2D eigenvalue weighted by molar-refractivity contribution is 5.91. The number of amides is 2. The van der Waals surface area contributed by atoms with Gasteiger partial charge >= 0.3 is 0 Å². The fraction of sp³-hybridized carbons (Fsp3) is 0.385. The highest BCUT2D eigenvalue weighted by Crippen LogP contribution is 2.02. The van der Waals surface area contributed by atoms with Crippen molar-refractivity contribution in [2.24, 2.45) is 0 Å². The van der Waals surface area contributed by atoms with Crippen LogP contribution in [0.3, 0.4) is 0 Å². The maximum atomic E-state index is 11.4. The molecule has 0 aromatic carbocycles. The number of hydrogen-bond donors (Lipinski definition) is 3. The van der Waals surface area contributed by atoms with Crippen molar-refractivity contribution in [3.8, 4) is 0 Å². The van der Waals surface area contributed by atoms with Crippen LogP contribution < -0.4 is 10.8 Å². The van der Waals surface area contributed by atoms with Crippen molar-refractivity contribution < 1.29 is 19.2 Å². The van der Waals surface area contributed by atoms with Crippen LogP contribution >= 0.6 is 0 Å². The van der Waals surface area contributed by atoms with Crippen LogP contribution in [0.15, 0.2) is 28.9 Å². The minimum absolute atomic E-state index is 0.176. The predicted molar refractivity (Wildman–Crippen MR) is 69.1 cm³/mol. The van der Waals surface area contributed by atoms with Crippen molar-refractivity contribution in [2.75, 3.05) is 6.54 Å². The zero-order chi connectivity index (χ0) is 13.9. The molecule has 0 aliphatic heterocycles. The molecule has 6 nitrogen and oxygen atoms in total. The third-order valence-corrected chi connectivity index (χ3v) is 2.45. The number of carbonyl (C=O) groups is 2. The monoisotopic (exact) mass is 266 g/mol. The van der Waals surface area contributed by atoms with E-state index in [1.54, 1.807) is 30.0 Å². The lowest BCUT2D eigenvalue weighted by molar-refractivity contribution is -0.129. The van der Waals surface area contributed by atoms with Crippen LogP contribution in [0, 0.1) is 0 Å². The van der Waals surface area contributed by atoms with Gasteiger partial charge in [-0.15, -0.1) is 0 Å². The van der Waals surface area contributed by atoms with Crippen LogP contribution in [0.1, 0.15) is 31.4 Å². The molecule has 0 aliphatic carbocycles. The first-order chi connectivity index (χ1) is 9.22. The van der Waals surface area contributed by atoms with Crippen LogP contribution in [-0.4, -0.2) is 23.6 Å². The van der Waals surface area contributed by atoms with E-state index in [4.69, 9.17) is 9.62 Å². The van der Waals surface area contributed by atoms with Gasteiger partial charge in [-0.3, -0.25) is 14.8 Å². The van der Waals surface area contributed by atoms with Gasteiger partial charge in [0.15, 0.2) is 0 Å². The average molecular weight is 266 g/mol. The van der Waals surface area contributed by atoms with Crippen LogP contribution in [0.25, 0.3) is 6.08 Å². The Labute approximate surface area is 111 Å². The summed E-state index contributed by atoms with van der Waals surface area (Å²) in [6.07, 6.45) is 7.14. The normalized spacial score (nSPS) is 10.6. The lowest BCUT2D eigenvalue weighted by atomic mass is 10.2.